The third kappa shape index (κ3) is 2.29. The lowest BCUT2D eigenvalue weighted by atomic mass is 9.97. The Morgan fingerprint density at radius 3 is 2.89 bits per heavy atom. The molecule has 1 aliphatic carbocycles. The smallest absolute Gasteiger partial charge is 0.0336 e. The summed E-state index contributed by atoms with van der Waals surface area (Å²) < 4.78 is 0. The summed E-state index contributed by atoms with van der Waals surface area (Å²) in [6.45, 7) is 0. The number of aromatic nitrogens is 1. The van der Waals surface area contributed by atoms with E-state index in [9.17, 15) is 0 Å². The van der Waals surface area contributed by atoms with Gasteiger partial charge in [-0.3, -0.25) is 4.98 Å². The molecule has 2 aromatic rings. The first-order chi connectivity index (χ1) is 8.83. The molecule has 1 heterocycles. The van der Waals surface area contributed by atoms with Crippen molar-refractivity contribution >= 4 is 0 Å². The molecule has 0 bridgehead atoms. The zero-order chi connectivity index (χ0) is 12.4. The highest BCUT2D eigenvalue weighted by atomic mass is 14.6. The van der Waals surface area contributed by atoms with Gasteiger partial charge in [0, 0.05) is 18.4 Å². The number of fused-ring (bicyclic) bond motifs is 1. The van der Waals surface area contributed by atoms with Crippen LogP contribution >= 0.6 is 0 Å². The van der Waals surface area contributed by atoms with Gasteiger partial charge in [-0.1, -0.05) is 24.3 Å². The van der Waals surface area contributed by atoms with Crippen molar-refractivity contribution in [1.29, 1.82) is 0 Å². The Morgan fingerprint density at radius 2 is 2.06 bits per heavy atom. The maximum atomic E-state index is 6.29. The zero-order valence-corrected chi connectivity index (χ0v) is 10.5. The van der Waals surface area contributed by atoms with Crippen LogP contribution in [0.3, 0.4) is 0 Å². The summed E-state index contributed by atoms with van der Waals surface area (Å²) in [5, 5.41) is 0. The molecule has 3 rings (SSSR count). The lowest BCUT2D eigenvalue weighted by molar-refractivity contribution is 0.718. The maximum Gasteiger partial charge on any atom is 0.0336 e. The molecular formula is C16H18N2. The van der Waals surface area contributed by atoms with Gasteiger partial charge in [0.2, 0.25) is 0 Å². The van der Waals surface area contributed by atoms with E-state index < -0.39 is 0 Å². The maximum absolute atomic E-state index is 6.29. The van der Waals surface area contributed by atoms with Gasteiger partial charge in [0.05, 0.1) is 0 Å². The van der Waals surface area contributed by atoms with Gasteiger partial charge in [0.15, 0.2) is 0 Å². The van der Waals surface area contributed by atoms with E-state index in [1.807, 2.05) is 12.3 Å². The first-order valence-corrected chi connectivity index (χ1v) is 6.59. The topological polar surface area (TPSA) is 38.9 Å². The van der Waals surface area contributed by atoms with Crippen molar-refractivity contribution in [3.63, 3.8) is 0 Å². The molecule has 0 radical (unpaired) electrons. The lowest BCUT2D eigenvalue weighted by Crippen LogP contribution is -2.13. The second kappa shape index (κ2) is 4.91. The van der Waals surface area contributed by atoms with E-state index in [0.717, 1.165) is 6.42 Å². The van der Waals surface area contributed by atoms with Crippen LogP contribution in [-0.4, -0.2) is 4.98 Å². The van der Waals surface area contributed by atoms with Gasteiger partial charge in [-0.15, -0.1) is 0 Å². The van der Waals surface area contributed by atoms with Crippen molar-refractivity contribution in [3.05, 3.63) is 65.0 Å². The fourth-order valence-corrected chi connectivity index (χ4v) is 2.71. The first-order valence-electron chi connectivity index (χ1n) is 6.59. The summed E-state index contributed by atoms with van der Waals surface area (Å²) in [5.41, 5.74) is 11.7. The molecule has 0 saturated carbocycles. The summed E-state index contributed by atoms with van der Waals surface area (Å²) in [6, 6.07) is 10.8. The molecule has 1 atom stereocenters. The van der Waals surface area contributed by atoms with E-state index in [-0.39, 0.29) is 6.04 Å². The Hall–Kier alpha value is -1.67. The number of aryl methyl sites for hydroxylation is 2. The molecule has 2 N–H and O–H groups in total. The minimum atomic E-state index is 0.0695. The first kappa shape index (κ1) is 11.4. The number of rotatable bonds is 3. The molecule has 1 aromatic carbocycles. The van der Waals surface area contributed by atoms with Crippen LogP contribution < -0.4 is 5.73 Å². The zero-order valence-electron chi connectivity index (χ0n) is 10.5. The monoisotopic (exact) mass is 238 g/mol. The third-order valence-electron chi connectivity index (χ3n) is 3.73. The number of benzene rings is 1. The van der Waals surface area contributed by atoms with Gasteiger partial charge in [-0.25, -0.2) is 0 Å². The molecule has 1 aromatic heterocycles. The van der Waals surface area contributed by atoms with Crippen LogP contribution in [-0.2, 0) is 19.3 Å². The number of nitrogens with two attached hydrogens (primary N) is 1. The molecule has 1 unspecified atom stereocenters. The van der Waals surface area contributed by atoms with Gasteiger partial charge >= 0.3 is 0 Å². The van der Waals surface area contributed by atoms with Crippen LogP contribution in [0.4, 0.5) is 0 Å². The van der Waals surface area contributed by atoms with Crippen molar-refractivity contribution in [1.82, 2.24) is 4.98 Å². The van der Waals surface area contributed by atoms with E-state index in [2.05, 4.69) is 29.2 Å². The Bertz CT molecular complexity index is 534. The van der Waals surface area contributed by atoms with Crippen molar-refractivity contribution in [2.24, 2.45) is 5.73 Å². The number of pyridine rings is 1. The second-order valence-corrected chi connectivity index (χ2v) is 5.05. The van der Waals surface area contributed by atoms with Crippen molar-refractivity contribution in [2.75, 3.05) is 0 Å². The van der Waals surface area contributed by atoms with Crippen LogP contribution in [0.15, 0.2) is 42.7 Å². The largest absolute Gasteiger partial charge is 0.324 e. The molecule has 2 heteroatoms. The van der Waals surface area contributed by atoms with Crippen molar-refractivity contribution in [3.8, 4) is 0 Å². The number of hydrogen-bond acceptors (Lipinski definition) is 2. The van der Waals surface area contributed by atoms with E-state index in [1.54, 1.807) is 6.20 Å². The summed E-state index contributed by atoms with van der Waals surface area (Å²) in [4.78, 5) is 4.13. The Morgan fingerprint density at radius 1 is 1.17 bits per heavy atom. The summed E-state index contributed by atoms with van der Waals surface area (Å²) in [7, 11) is 0. The van der Waals surface area contributed by atoms with Gasteiger partial charge in [0.1, 0.15) is 0 Å². The highest BCUT2D eigenvalue weighted by molar-refractivity contribution is 5.37. The molecular weight excluding hydrogens is 220 g/mol. The molecule has 0 fully saturated rings. The molecule has 0 amide bonds. The van der Waals surface area contributed by atoms with E-state index in [1.165, 1.54) is 41.5 Å². The minimum absolute atomic E-state index is 0.0695. The van der Waals surface area contributed by atoms with E-state index >= 15 is 0 Å². The minimum Gasteiger partial charge on any atom is -0.324 e. The SMILES string of the molecule is NC(Cc1cccnc1)c1ccc2c(c1)CCC2. The van der Waals surface area contributed by atoms with E-state index in [0.29, 0.717) is 0 Å². The van der Waals surface area contributed by atoms with Crippen LogP contribution in [0.1, 0.15) is 34.7 Å². The normalized spacial score (nSPS) is 15.4. The molecule has 1 aliphatic rings. The standard InChI is InChI=1S/C16H18N2/c17-16(9-12-3-2-8-18-11-12)15-7-6-13-4-1-5-14(13)10-15/h2-3,6-8,10-11,16H,1,4-5,9,17H2. The summed E-state index contributed by atoms with van der Waals surface area (Å²) in [6.07, 6.45) is 8.27. The predicted molar refractivity (Wildman–Crippen MR) is 73.3 cm³/mol. The average molecular weight is 238 g/mol. The highest BCUT2D eigenvalue weighted by Gasteiger charge is 2.14. The summed E-state index contributed by atoms with van der Waals surface area (Å²) >= 11 is 0. The molecule has 92 valence electrons. The molecule has 0 saturated heterocycles. The Kier molecular flexibility index (Phi) is 3.11. The van der Waals surface area contributed by atoms with Gasteiger partial charge in [-0.05, 0) is 54.0 Å². The molecule has 18 heavy (non-hydrogen) atoms. The van der Waals surface area contributed by atoms with E-state index in [4.69, 9.17) is 5.73 Å². The summed E-state index contributed by atoms with van der Waals surface area (Å²) in [5.74, 6) is 0. The quantitative estimate of drug-likeness (QED) is 0.893. The van der Waals surface area contributed by atoms with Crippen LogP contribution in [0.5, 0.6) is 0 Å². The highest BCUT2D eigenvalue weighted by Crippen LogP contribution is 2.25. The van der Waals surface area contributed by atoms with Crippen molar-refractivity contribution < 1.29 is 0 Å². The van der Waals surface area contributed by atoms with Gasteiger partial charge in [0.25, 0.3) is 0 Å². The second-order valence-electron chi connectivity index (χ2n) is 5.05. The molecule has 0 aliphatic heterocycles. The van der Waals surface area contributed by atoms with Crippen molar-refractivity contribution in [2.45, 2.75) is 31.7 Å². The third-order valence-corrected chi connectivity index (χ3v) is 3.73. The average Bonchev–Trinajstić information content (AvgIpc) is 2.87. The van der Waals surface area contributed by atoms with Crippen LogP contribution in [0.25, 0.3) is 0 Å². The Labute approximate surface area is 108 Å². The van der Waals surface area contributed by atoms with Crippen LogP contribution in [0.2, 0.25) is 0 Å². The number of nitrogens with zero attached hydrogens (tertiary/aromatic N) is 1. The number of hydrogen-bond donors (Lipinski definition) is 1. The van der Waals surface area contributed by atoms with Gasteiger partial charge in [-0.2, -0.15) is 0 Å². The Balaban J connectivity index is 1.78. The molecule has 0 spiro atoms. The predicted octanol–water partition coefficient (Wildman–Crippen LogP) is 2.81. The fourth-order valence-electron chi connectivity index (χ4n) is 2.71. The van der Waals surface area contributed by atoms with Crippen LogP contribution in [0, 0.1) is 0 Å². The molecule has 2 nitrogen and oxygen atoms in total. The van der Waals surface area contributed by atoms with Gasteiger partial charge < -0.3 is 5.73 Å². The lowest BCUT2D eigenvalue weighted by Gasteiger charge is -2.13. The fraction of sp³-hybridized carbons (Fsp3) is 0.312.